The predicted molar refractivity (Wildman–Crippen MR) is 71.1 cm³/mol. The highest BCUT2D eigenvalue weighted by Gasteiger charge is 2.52. The SMILES string of the molecule is C/C(=N/NC(=O)C(N)=O)C12CC3CC(CC(C3)C1)C2. The van der Waals surface area contributed by atoms with E-state index in [4.69, 9.17) is 5.73 Å². The van der Waals surface area contributed by atoms with Gasteiger partial charge in [-0.1, -0.05) is 0 Å². The number of hydrogen-bond acceptors (Lipinski definition) is 3. The van der Waals surface area contributed by atoms with Crippen LogP contribution in [0.3, 0.4) is 0 Å². The number of hydrazone groups is 1. The molecule has 4 aliphatic rings. The Morgan fingerprint density at radius 1 is 1.11 bits per heavy atom. The molecule has 104 valence electrons. The zero-order valence-corrected chi connectivity index (χ0v) is 11.3. The fourth-order valence-corrected chi connectivity index (χ4v) is 4.86. The maximum atomic E-state index is 11.2. The quantitative estimate of drug-likeness (QED) is 0.445. The molecule has 0 aliphatic heterocycles. The molecule has 0 aromatic carbocycles. The Morgan fingerprint density at radius 2 is 1.58 bits per heavy atom. The van der Waals surface area contributed by atoms with Gasteiger partial charge in [0.15, 0.2) is 0 Å². The summed E-state index contributed by atoms with van der Waals surface area (Å²) in [7, 11) is 0. The number of nitrogens with zero attached hydrogens (tertiary/aromatic N) is 1. The van der Waals surface area contributed by atoms with Crippen molar-refractivity contribution in [1.82, 2.24) is 5.43 Å². The van der Waals surface area contributed by atoms with Crippen LogP contribution in [0.25, 0.3) is 0 Å². The van der Waals surface area contributed by atoms with Crippen molar-refractivity contribution in [2.24, 2.45) is 34.0 Å². The molecule has 0 radical (unpaired) electrons. The van der Waals surface area contributed by atoms with Gasteiger partial charge >= 0.3 is 11.8 Å². The number of nitrogens with one attached hydrogen (secondary N) is 1. The van der Waals surface area contributed by atoms with Gasteiger partial charge in [-0.3, -0.25) is 9.59 Å². The highest BCUT2D eigenvalue weighted by molar-refractivity contribution is 6.34. The van der Waals surface area contributed by atoms with Gasteiger partial charge in [-0.2, -0.15) is 5.10 Å². The van der Waals surface area contributed by atoms with Gasteiger partial charge in [0.1, 0.15) is 0 Å². The Balaban J connectivity index is 1.75. The number of carbonyl (C=O) groups is 2. The average Bonchev–Trinajstić information content (AvgIpc) is 2.33. The minimum atomic E-state index is -0.984. The Morgan fingerprint density at radius 3 is 2.00 bits per heavy atom. The molecule has 4 aliphatic carbocycles. The summed E-state index contributed by atoms with van der Waals surface area (Å²) in [5, 5.41) is 4.15. The Labute approximate surface area is 113 Å². The van der Waals surface area contributed by atoms with Crippen LogP contribution in [-0.4, -0.2) is 17.5 Å². The number of hydrogen-bond donors (Lipinski definition) is 2. The molecule has 4 saturated carbocycles. The molecule has 4 rings (SSSR count). The lowest BCUT2D eigenvalue weighted by Crippen LogP contribution is -2.50. The van der Waals surface area contributed by atoms with Crippen LogP contribution in [0.15, 0.2) is 5.10 Å². The molecular formula is C14H21N3O2. The van der Waals surface area contributed by atoms with E-state index in [0.29, 0.717) is 0 Å². The summed E-state index contributed by atoms with van der Waals surface area (Å²) in [6.45, 7) is 1.98. The molecule has 0 aromatic heterocycles. The second-order valence-electron chi connectivity index (χ2n) is 6.70. The standard InChI is InChI=1S/C14H21N3O2/c1-8(16-17-13(19)12(15)18)14-5-9-2-10(6-14)4-11(3-9)7-14/h9-11H,2-7H2,1H3,(H2,15,18)(H,17,19)/b16-8-. The van der Waals surface area contributed by atoms with Crippen molar-refractivity contribution in [3.63, 3.8) is 0 Å². The van der Waals surface area contributed by atoms with E-state index >= 15 is 0 Å². The van der Waals surface area contributed by atoms with E-state index in [1.807, 2.05) is 6.92 Å². The summed E-state index contributed by atoms with van der Waals surface area (Å²) < 4.78 is 0. The third-order valence-electron chi connectivity index (χ3n) is 5.35. The van der Waals surface area contributed by atoms with E-state index < -0.39 is 11.8 Å². The van der Waals surface area contributed by atoms with Crippen LogP contribution >= 0.6 is 0 Å². The minimum absolute atomic E-state index is 0.166. The first-order chi connectivity index (χ1) is 8.98. The molecule has 0 heterocycles. The first kappa shape index (κ1) is 12.6. The number of nitrogens with two attached hydrogens (primary N) is 1. The van der Waals surface area contributed by atoms with Crippen LogP contribution in [0.5, 0.6) is 0 Å². The van der Waals surface area contributed by atoms with Crippen molar-refractivity contribution in [3.8, 4) is 0 Å². The lowest BCUT2D eigenvalue weighted by molar-refractivity contribution is -0.137. The zero-order chi connectivity index (χ0) is 13.6. The number of carbonyl (C=O) groups excluding carboxylic acids is 2. The molecule has 0 atom stereocenters. The average molecular weight is 263 g/mol. The van der Waals surface area contributed by atoms with Gasteiger partial charge in [0, 0.05) is 11.1 Å². The third kappa shape index (κ3) is 2.15. The van der Waals surface area contributed by atoms with Gasteiger partial charge in [-0.05, 0) is 63.2 Å². The molecule has 5 heteroatoms. The normalized spacial score (nSPS) is 40.3. The highest BCUT2D eigenvalue weighted by atomic mass is 16.2. The van der Waals surface area contributed by atoms with Gasteiger partial charge in [0.25, 0.3) is 0 Å². The molecular weight excluding hydrogens is 242 g/mol. The fourth-order valence-electron chi connectivity index (χ4n) is 4.86. The number of rotatable bonds is 2. The number of amides is 2. The maximum absolute atomic E-state index is 11.2. The summed E-state index contributed by atoms with van der Waals surface area (Å²) in [4.78, 5) is 21.9. The molecule has 0 saturated heterocycles. The molecule has 0 unspecified atom stereocenters. The van der Waals surface area contributed by atoms with E-state index in [2.05, 4.69) is 10.5 Å². The topological polar surface area (TPSA) is 84.6 Å². The summed E-state index contributed by atoms with van der Waals surface area (Å²) in [5.74, 6) is 0.695. The molecule has 4 fully saturated rings. The molecule has 0 aromatic rings. The predicted octanol–water partition coefficient (Wildman–Crippen LogP) is 1.18. The van der Waals surface area contributed by atoms with E-state index in [-0.39, 0.29) is 5.41 Å². The monoisotopic (exact) mass is 263 g/mol. The first-order valence-corrected chi connectivity index (χ1v) is 7.13. The first-order valence-electron chi connectivity index (χ1n) is 7.13. The van der Waals surface area contributed by atoms with Crippen molar-refractivity contribution in [3.05, 3.63) is 0 Å². The van der Waals surface area contributed by atoms with Gasteiger partial charge in [0.2, 0.25) is 0 Å². The van der Waals surface area contributed by atoms with Crippen LogP contribution in [0.1, 0.15) is 45.4 Å². The largest absolute Gasteiger partial charge is 0.361 e. The summed E-state index contributed by atoms with van der Waals surface area (Å²) in [6.07, 6.45) is 7.71. The molecule has 0 spiro atoms. The fraction of sp³-hybridized carbons (Fsp3) is 0.786. The lowest BCUT2D eigenvalue weighted by atomic mass is 9.48. The van der Waals surface area contributed by atoms with E-state index in [9.17, 15) is 9.59 Å². The number of primary amides is 1. The van der Waals surface area contributed by atoms with E-state index in [1.54, 1.807) is 0 Å². The summed E-state index contributed by atoms with van der Waals surface area (Å²) >= 11 is 0. The van der Waals surface area contributed by atoms with E-state index in [1.165, 1.54) is 38.5 Å². The van der Waals surface area contributed by atoms with Crippen molar-refractivity contribution in [1.29, 1.82) is 0 Å². The van der Waals surface area contributed by atoms with Gasteiger partial charge in [0.05, 0.1) is 0 Å². The molecule has 5 nitrogen and oxygen atoms in total. The van der Waals surface area contributed by atoms with Crippen LogP contribution in [0.4, 0.5) is 0 Å². The smallest absolute Gasteiger partial charge is 0.329 e. The third-order valence-corrected chi connectivity index (χ3v) is 5.35. The van der Waals surface area contributed by atoms with Crippen molar-refractivity contribution >= 4 is 17.5 Å². The summed E-state index contributed by atoms with van der Waals surface area (Å²) in [5.41, 5.74) is 8.33. The zero-order valence-electron chi connectivity index (χ0n) is 11.3. The van der Waals surface area contributed by atoms with Crippen molar-refractivity contribution in [2.45, 2.75) is 45.4 Å². The highest BCUT2D eigenvalue weighted by Crippen LogP contribution is 2.60. The van der Waals surface area contributed by atoms with Gasteiger partial charge in [-0.15, -0.1) is 0 Å². The summed E-state index contributed by atoms with van der Waals surface area (Å²) in [6, 6.07) is 0. The second-order valence-corrected chi connectivity index (χ2v) is 6.70. The maximum Gasteiger partial charge on any atom is 0.329 e. The van der Waals surface area contributed by atoms with Crippen LogP contribution < -0.4 is 11.2 Å². The van der Waals surface area contributed by atoms with Crippen LogP contribution in [-0.2, 0) is 9.59 Å². The molecule has 4 bridgehead atoms. The molecule has 3 N–H and O–H groups in total. The van der Waals surface area contributed by atoms with E-state index in [0.717, 1.165) is 23.5 Å². The Hall–Kier alpha value is -1.39. The van der Waals surface area contributed by atoms with Crippen LogP contribution in [0, 0.1) is 23.2 Å². The second kappa shape index (κ2) is 4.32. The Bertz CT molecular complexity index is 420. The van der Waals surface area contributed by atoms with Gasteiger partial charge < -0.3 is 5.73 Å². The minimum Gasteiger partial charge on any atom is -0.361 e. The van der Waals surface area contributed by atoms with Gasteiger partial charge in [-0.25, -0.2) is 5.43 Å². The van der Waals surface area contributed by atoms with Crippen molar-refractivity contribution in [2.75, 3.05) is 0 Å². The lowest BCUT2D eigenvalue weighted by Gasteiger charge is -2.56. The molecule has 2 amide bonds. The van der Waals surface area contributed by atoms with Crippen LogP contribution in [0.2, 0.25) is 0 Å². The molecule has 19 heavy (non-hydrogen) atoms. The Kier molecular flexibility index (Phi) is 2.87. The van der Waals surface area contributed by atoms with Crippen molar-refractivity contribution < 1.29 is 9.59 Å².